The largest absolute Gasteiger partial charge is 0.469 e. The number of fused-ring (bicyclic) bond motifs is 3. The highest BCUT2D eigenvalue weighted by atomic mass is 16.5. The molecule has 140 valence electrons. The van der Waals surface area contributed by atoms with Gasteiger partial charge in [-0.15, -0.1) is 0 Å². The number of carbonyl (C=O) groups is 2. The topological polar surface area (TPSA) is 63.6 Å². The van der Waals surface area contributed by atoms with Crippen molar-refractivity contribution in [1.82, 2.24) is 0 Å². The summed E-state index contributed by atoms with van der Waals surface area (Å²) in [7, 11) is 1.43. The summed E-state index contributed by atoms with van der Waals surface area (Å²) in [6.07, 6.45) is 2.94. The minimum Gasteiger partial charge on any atom is -0.469 e. The summed E-state index contributed by atoms with van der Waals surface area (Å²) < 4.78 is 5.10. The van der Waals surface area contributed by atoms with Crippen molar-refractivity contribution in [2.45, 2.75) is 65.9 Å². The van der Waals surface area contributed by atoms with Crippen molar-refractivity contribution in [3.05, 3.63) is 12.2 Å². The van der Waals surface area contributed by atoms with Gasteiger partial charge in [0.2, 0.25) is 0 Å². The van der Waals surface area contributed by atoms with Crippen LogP contribution in [0.1, 0.15) is 59.8 Å². The molecule has 4 nitrogen and oxygen atoms in total. The van der Waals surface area contributed by atoms with Crippen molar-refractivity contribution < 1.29 is 19.4 Å². The Labute approximate surface area is 151 Å². The van der Waals surface area contributed by atoms with Crippen molar-refractivity contribution in [3.8, 4) is 0 Å². The first-order valence-electron chi connectivity index (χ1n) is 9.46. The molecular weight excluding hydrogens is 316 g/mol. The average molecular weight is 348 g/mol. The molecule has 3 aliphatic rings. The number of Topliss-reactive ketones (excluding diaryl/α,β-unsaturated/α-hetero) is 1. The Kier molecular flexibility index (Phi) is 4.22. The fraction of sp³-hybridized carbons (Fsp3) is 0.810. The van der Waals surface area contributed by atoms with Gasteiger partial charge in [0.25, 0.3) is 0 Å². The van der Waals surface area contributed by atoms with E-state index in [4.69, 9.17) is 4.74 Å². The molecule has 4 heteroatoms. The summed E-state index contributed by atoms with van der Waals surface area (Å²) in [6, 6.07) is 0. The van der Waals surface area contributed by atoms with Gasteiger partial charge in [-0.2, -0.15) is 0 Å². The molecular formula is C21H32O4. The molecule has 0 aliphatic heterocycles. The molecule has 2 unspecified atom stereocenters. The normalized spacial score (nSPS) is 46.2. The van der Waals surface area contributed by atoms with Crippen molar-refractivity contribution in [1.29, 1.82) is 0 Å². The minimum atomic E-state index is -0.945. The van der Waals surface area contributed by atoms with Crippen LogP contribution in [0.2, 0.25) is 0 Å². The molecule has 0 saturated heterocycles. The zero-order chi connectivity index (χ0) is 18.8. The molecule has 3 rings (SSSR count). The standard InChI is InChI=1S/C21H32O4/c1-12-7-8-15-20(4,16(12)18(24)25-6)10-9-14-19(2,3)11-13(22)17(23)21(14,15)5/h14-17,23H,1,7-11H2,2-6H3/t14?,15?,16-,17-,20+,21-/m1/s1. The Hall–Kier alpha value is -1.16. The number of ether oxygens (including phenoxy) is 1. The smallest absolute Gasteiger partial charge is 0.313 e. The van der Waals surface area contributed by atoms with E-state index in [1.165, 1.54) is 7.11 Å². The number of ketones is 1. The lowest BCUT2D eigenvalue weighted by atomic mass is 9.38. The van der Waals surface area contributed by atoms with Crippen LogP contribution in [0.25, 0.3) is 0 Å². The van der Waals surface area contributed by atoms with Crippen LogP contribution < -0.4 is 0 Å². The maximum Gasteiger partial charge on any atom is 0.313 e. The highest BCUT2D eigenvalue weighted by Crippen LogP contribution is 2.68. The molecule has 25 heavy (non-hydrogen) atoms. The number of hydrogen-bond acceptors (Lipinski definition) is 4. The Morgan fingerprint density at radius 3 is 2.44 bits per heavy atom. The summed E-state index contributed by atoms with van der Waals surface area (Å²) >= 11 is 0. The predicted molar refractivity (Wildman–Crippen MR) is 95.7 cm³/mol. The van der Waals surface area contributed by atoms with Gasteiger partial charge in [-0.05, 0) is 48.3 Å². The lowest BCUT2D eigenvalue weighted by Gasteiger charge is -2.66. The van der Waals surface area contributed by atoms with Gasteiger partial charge in [0.15, 0.2) is 5.78 Å². The van der Waals surface area contributed by atoms with Crippen molar-refractivity contribution >= 4 is 11.8 Å². The highest BCUT2D eigenvalue weighted by Gasteiger charge is 2.67. The van der Waals surface area contributed by atoms with Gasteiger partial charge in [-0.25, -0.2) is 0 Å². The minimum absolute atomic E-state index is 0.0491. The van der Waals surface area contributed by atoms with Crippen LogP contribution in [0.5, 0.6) is 0 Å². The molecule has 0 spiro atoms. The number of rotatable bonds is 1. The molecule has 0 aromatic rings. The molecule has 3 aliphatic carbocycles. The maximum atomic E-state index is 12.6. The fourth-order valence-electron chi connectivity index (χ4n) is 7.00. The van der Waals surface area contributed by atoms with Gasteiger partial charge >= 0.3 is 5.97 Å². The van der Waals surface area contributed by atoms with Gasteiger partial charge in [0, 0.05) is 11.8 Å². The molecule has 0 heterocycles. The van der Waals surface area contributed by atoms with Crippen LogP contribution in [0.4, 0.5) is 0 Å². The van der Waals surface area contributed by atoms with E-state index in [1.54, 1.807) is 0 Å². The van der Waals surface area contributed by atoms with Crippen LogP contribution in [-0.2, 0) is 14.3 Å². The molecule has 0 radical (unpaired) electrons. The molecule has 3 fully saturated rings. The second kappa shape index (κ2) is 5.67. The van der Waals surface area contributed by atoms with Gasteiger partial charge < -0.3 is 9.84 Å². The monoisotopic (exact) mass is 348 g/mol. The second-order valence-corrected chi connectivity index (χ2v) is 9.70. The third kappa shape index (κ3) is 2.36. The van der Waals surface area contributed by atoms with E-state index in [0.29, 0.717) is 6.42 Å². The predicted octanol–water partition coefficient (Wildman–Crippen LogP) is 3.52. The first-order valence-corrected chi connectivity index (χ1v) is 9.46. The second-order valence-electron chi connectivity index (χ2n) is 9.70. The summed E-state index contributed by atoms with van der Waals surface area (Å²) in [4.78, 5) is 25.2. The van der Waals surface area contributed by atoms with Crippen molar-refractivity contribution in [2.24, 2.45) is 34.0 Å². The Morgan fingerprint density at radius 1 is 1.20 bits per heavy atom. The van der Waals surface area contributed by atoms with E-state index in [2.05, 4.69) is 34.3 Å². The van der Waals surface area contributed by atoms with Crippen LogP contribution in [0.3, 0.4) is 0 Å². The van der Waals surface area contributed by atoms with Crippen molar-refractivity contribution in [2.75, 3.05) is 7.11 Å². The highest BCUT2D eigenvalue weighted by molar-refractivity contribution is 5.85. The van der Waals surface area contributed by atoms with Crippen LogP contribution in [-0.4, -0.2) is 30.1 Å². The Morgan fingerprint density at radius 2 is 1.84 bits per heavy atom. The van der Waals surface area contributed by atoms with E-state index in [-0.39, 0.29) is 40.3 Å². The lowest BCUT2D eigenvalue weighted by Crippen LogP contribution is -2.65. The third-order valence-electron chi connectivity index (χ3n) is 8.00. The van der Waals surface area contributed by atoms with Crippen LogP contribution in [0.15, 0.2) is 12.2 Å². The summed E-state index contributed by atoms with van der Waals surface area (Å²) in [5.41, 5.74) is -0.00786. The lowest BCUT2D eigenvalue weighted by molar-refractivity contribution is -0.206. The maximum absolute atomic E-state index is 12.6. The quantitative estimate of drug-likeness (QED) is 0.582. The molecule has 3 saturated carbocycles. The first kappa shape index (κ1) is 18.6. The first-order chi connectivity index (χ1) is 11.5. The molecule has 6 atom stereocenters. The van der Waals surface area contributed by atoms with Gasteiger partial charge in [0.05, 0.1) is 13.0 Å². The molecule has 0 aromatic carbocycles. The number of aliphatic hydroxyl groups excluding tert-OH is 1. The molecule has 1 N–H and O–H groups in total. The van der Waals surface area contributed by atoms with E-state index in [1.807, 2.05) is 0 Å². The van der Waals surface area contributed by atoms with E-state index >= 15 is 0 Å². The molecule has 0 amide bonds. The Balaban J connectivity index is 2.11. The number of methoxy groups -OCH3 is 1. The Bertz CT molecular complexity index is 613. The zero-order valence-electron chi connectivity index (χ0n) is 16.2. The van der Waals surface area contributed by atoms with Crippen molar-refractivity contribution in [3.63, 3.8) is 0 Å². The van der Waals surface area contributed by atoms with E-state index < -0.39 is 11.5 Å². The van der Waals surface area contributed by atoms with Gasteiger partial charge in [0.1, 0.15) is 6.10 Å². The molecule has 0 bridgehead atoms. The van der Waals surface area contributed by atoms with Gasteiger partial charge in [-0.1, -0.05) is 39.8 Å². The third-order valence-corrected chi connectivity index (χ3v) is 8.00. The summed E-state index contributed by atoms with van der Waals surface area (Å²) in [6.45, 7) is 12.7. The number of hydrogen-bond donors (Lipinski definition) is 1. The number of carbonyl (C=O) groups excluding carboxylic acids is 2. The van der Waals surface area contributed by atoms with Gasteiger partial charge in [-0.3, -0.25) is 9.59 Å². The number of aliphatic hydroxyl groups is 1. The van der Waals surface area contributed by atoms with Crippen LogP contribution >= 0.6 is 0 Å². The van der Waals surface area contributed by atoms with Crippen LogP contribution in [0, 0.1) is 34.0 Å². The van der Waals surface area contributed by atoms with E-state index in [0.717, 1.165) is 31.3 Å². The fourth-order valence-corrected chi connectivity index (χ4v) is 7.00. The summed E-state index contributed by atoms with van der Waals surface area (Å²) in [5.74, 6) is -0.245. The molecule has 0 aromatic heterocycles. The SMILES string of the molecule is C=C1CCC2[C@@]3(C)C(CC[C@]2(C)[C@H]1C(=O)OC)C(C)(C)CC(=O)[C@H]3O. The summed E-state index contributed by atoms with van der Waals surface area (Å²) in [5, 5.41) is 11.0. The average Bonchev–Trinajstić information content (AvgIpc) is 2.51. The van der Waals surface area contributed by atoms with E-state index in [9.17, 15) is 14.7 Å². The number of esters is 1. The zero-order valence-corrected chi connectivity index (χ0v) is 16.2.